The normalized spacial score (nSPS) is 22.6. The quantitative estimate of drug-likeness (QED) is 0.224. The van der Waals surface area contributed by atoms with Crippen molar-refractivity contribution in [3.05, 3.63) is 130 Å². The molecule has 6 rings (SSSR count). The summed E-state index contributed by atoms with van der Waals surface area (Å²) in [6.45, 7) is 2.25. The molecule has 0 bridgehead atoms. The first-order chi connectivity index (χ1) is 18.9. The number of carbonyl (C=O) groups excluding carboxylic acids is 2. The lowest BCUT2D eigenvalue weighted by Gasteiger charge is -2.16. The summed E-state index contributed by atoms with van der Waals surface area (Å²) in [6.07, 6.45) is 2.74. The highest BCUT2D eigenvalue weighted by Crippen LogP contribution is 2.61. The van der Waals surface area contributed by atoms with Gasteiger partial charge >= 0.3 is 0 Å². The zero-order valence-electron chi connectivity index (χ0n) is 21.6. The second kappa shape index (κ2) is 11.6. The van der Waals surface area contributed by atoms with Crippen LogP contribution in [0.15, 0.2) is 103 Å². The molecule has 2 fully saturated rings. The molecule has 0 spiro atoms. The van der Waals surface area contributed by atoms with Gasteiger partial charge in [-0.05, 0) is 83.8 Å². The van der Waals surface area contributed by atoms with Crippen LogP contribution in [0.2, 0.25) is 10.0 Å². The van der Waals surface area contributed by atoms with E-state index < -0.39 is 0 Å². The summed E-state index contributed by atoms with van der Waals surface area (Å²) in [5.74, 6) is 1.00. The van der Waals surface area contributed by atoms with Crippen molar-refractivity contribution in [2.45, 2.75) is 37.0 Å². The zero-order chi connectivity index (χ0) is 27.4. The lowest BCUT2D eigenvalue weighted by Crippen LogP contribution is -2.14. The molecule has 2 N–H and O–H groups in total. The fourth-order valence-electron chi connectivity index (χ4n) is 5.33. The van der Waals surface area contributed by atoms with Crippen molar-refractivity contribution in [2.75, 3.05) is 10.6 Å². The molecule has 198 valence electrons. The lowest BCUT2D eigenvalue weighted by atomic mass is 9.91. The van der Waals surface area contributed by atoms with Crippen molar-refractivity contribution in [3.63, 3.8) is 0 Å². The maximum atomic E-state index is 12.1. The minimum Gasteiger partial charge on any atom is -0.328 e. The van der Waals surface area contributed by atoms with Crippen molar-refractivity contribution in [3.8, 4) is 0 Å². The zero-order valence-corrected chi connectivity index (χ0v) is 23.1. The van der Waals surface area contributed by atoms with Gasteiger partial charge in [0.15, 0.2) is 0 Å². The summed E-state index contributed by atoms with van der Waals surface area (Å²) in [5.41, 5.74) is 5.54. The number of benzene rings is 4. The Bertz CT molecular complexity index is 1440. The van der Waals surface area contributed by atoms with Crippen molar-refractivity contribution >= 4 is 46.9 Å². The molecular weight excluding hydrogens is 527 g/mol. The van der Waals surface area contributed by atoms with Gasteiger partial charge in [0.25, 0.3) is 0 Å². The molecule has 0 radical (unpaired) electrons. The molecule has 2 aliphatic carbocycles. The molecular formula is C33H30Cl2N2O2. The van der Waals surface area contributed by atoms with Crippen LogP contribution < -0.4 is 10.6 Å². The predicted molar refractivity (Wildman–Crippen MR) is 160 cm³/mol. The van der Waals surface area contributed by atoms with Crippen LogP contribution in [0, 0.1) is 5.92 Å². The molecule has 0 saturated heterocycles. The SMILES string of the molecule is CC1(c2ccccc2NC=O)CC1c1ccc(Cl)cc1.O=C(Nc1ccccc1)C1C[C@H]1c1ccc(Cl)cc1. The Morgan fingerprint density at radius 1 is 0.821 bits per heavy atom. The van der Waals surface area contributed by atoms with Crippen molar-refractivity contribution < 1.29 is 9.59 Å². The average molecular weight is 558 g/mol. The molecule has 0 heterocycles. The summed E-state index contributed by atoms with van der Waals surface area (Å²) in [7, 11) is 0. The van der Waals surface area contributed by atoms with Crippen LogP contribution in [-0.2, 0) is 15.0 Å². The third-order valence-electron chi connectivity index (χ3n) is 7.73. The van der Waals surface area contributed by atoms with E-state index in [1.54, 1.807) is 0 Å². The highest BCUT2D eigenvalue weighted by molar-refractivity contribution is 6.30. The molecule has 39 heavy (non-hydrogen) atoms. The highest BCUT2D eigenvalue weighted by atomic mass is 35.5. The number of amides is 2. The van der Waals surface area contributed by atoms with E-state index in [1.165, 1.54) is 16.7 Å². The number of para-hydroxylation sites is 2. The number of hydrogen-bond acceptors (Lipinski definition) is 2. The minimum absolute atomic E-state index is 0.0838. The van der Waals surface area contributed by atoms with Gasteiger partial charge in [-0.25, -0.2) is 0 Å². The molecule has 6 heteroatoms. The van der Waals surface area contributed by atoms with Crippen LogP contribution in [0.5, 0.6) is 0 Å². The molecule has 2 aliphatic rings. The fraction of sp³-hybridized carbons (Fsp3) is 0.212. The van der Waals surface area contributed by atoms with Gasteiger partial charge in [-0.15, -0.1) is 0 Å². The molecule has 0 aliphatic heterocycles. The number of anilines is 2. The molecule has 4 aromatic rings. The molecule has 0 aromatic heterocycles. The van der Waals surface area contributed by atoms with Crippen LogP contribution >= 0.6 is 23.2 Å². The van der Waals surface area contributed by atoms with E-state index in [2.05, 4.69) is 35.8 Å². The van der Waals surface area contributed by atoms with E-state index in [0.29, 0.717) is 11.8 Å². The summed E-state index contributed by atoms with van der Waals surface area (Å²) < 4.78 is 0. The van der Waals surface area contributed by atoms with Gasteiger partial charge in [0.1, 0.15) is 0 Å². The smallest absolute Gasteiger partial charge is 0.228 e. The largest absolute Gasteiger partial charge is 0.328 e. The van der Waals surface area contributed by atoms with Crippen LogP contribution in [0.25, 0.3) is 0 Å². The molecule has 2 saturated carbocycles. The van der Waals surface area contributed by atoms with Gasteiger partial charge < -0.3 is 10.6 Å². The van der Waals surface area contributed by atoms with E-state index >= 15 is 0 Å². The second-order valence-electron chi connectivity index (χ2n) is 10.4. The van der Waals surface area contributed by atoms with E-state index in [1.807, 2.05) is 84.9 Å². The Kier molecular flexibility index (Phi) is 8.06. The predicted octanol–water partition coefficient (Wildman–Crippen LogP) is 8.44. The fourth-order valence-corrected chi connectivity index (χ4v) is 5.59. The first-order valence-electron chi connectivity index (χ1n) is 13.1. The van der Waals surface area contributed by atoms with Gasteiger partial charge in [0.2, 0.25) is 12.3 Å². The number of halogens is 2. The van der Waals surface area contributed by atoms with E-state index in [9.17, 15) is 9.59 Å². The first kappa shape index (κ1) is 27.0. The van der Waals surface area contributed by atoms with E-state index in [0.717, 1.165) is 40.7 Å². The van der Waals surface area contributed by atoms with Crippen LogP contribution in [-0.4, -0.2) is 12.3 Å². The Balaban J connectivity index is 0.000000158. The monoisotopic (exact) mass is 556 g/mol. The number of rotatable bonds is 7. The molecule has 3 unspecified atom stereocenters. The van der Waals surface area contributed by atoms with Crippen molar-refractivity contribution in [1.82, 2.24) is 0 Å². The molecule has 4 atom stereocenters. The Morgan fingerprint density at radius 3 is 2.05 bits per heavy atom. The molecule has 4 aromatic carbocycles. The van der Waals surface area contributed by atoms with E-state index in [-0.39, 0.29) is 17.2 Å². The Morgan fingerprint density at radius 2 is 1.41 bits per heavy atom. The van der Waals surface area contributed by atoms with E-state index in [4.69, 9.17) is 23.2 Å². The first-order valence-corrected chi connectivity index (χ1v) is 13.8. The van der Waals surface area contributed by atoms with Gasteiger partial charge in [-0.1, -0.05) is 90.8 Å². The number of nitrogens with one attached hydrogen (secondary N) is 2. The standard InChI is InChI=1S/C17H16ClNO.C16H14ClNO/c1-17(14-4-2-3-5-16(14)19-11-20)10-15(17)12-6-8-13(18)9-7-12;17-12-8-6-11(7-9-12)14-10-15(14)16(19)18-13-4-2-1-3-5-13/h2-9,11,15H,10H2,1H3,(H,19,20);1-9,14-15H,10H2,(H,18,19)/t;14-,15?/m.0/s1. The van der Waals surface area contributed by atoms with Crippen LogP contribution in [0.4, 0.5) is 11.4 Å². The van der Waals surface area contributed by atoms with Gasteiger partial charge in [0.05, 0.1) is 0 Å². The third kappa shape index (κ3) is 6.35. The topological polar surface area (TPSA) is 58.2 Å². The Labute approximate surface area is 239 Å². The summed E-state index contributed by atoms with van der Waals surface area (Å²) in [6, 6.07) is 33.4. The van der Waals surface area contributed by atoms with Gasteiger partial charge in [0, 0.05) is 32.8 Å². The van der Waals surface area contributed by atoms with Crippen LogP contribution in [0.1, 0.15) is 48.3 Å². The maximum Gasteiger partial charge on any atom is 0.228 e. The maximum absolute atomic E-state index is 12.1. The van der Waals surface area contributed by atoms with Crippen molar-refractivity contribution in [2.24, 2.45) is 5.92 Å². The summed E-state index contributed by atoms with van der Waals surface area (Å²) in [5, 5.41) is 7.25. The highest BCUT2D eigenvalue weighted by Gasteiger charge is 2.52. The summed E-state index contributed by atoms with van der Waals surface area (Å²) >= 11 is 11.8. The van der Waals surface area contributed by atoms with Crippen molar-refractivity contribution in [1.29, 1.82) is 0 Å². The molecule has 4 nitrogen and oxygen atoms in total. The third-order valence-corrected chi connectivity index (χ3v) is 8.24. The van der Waals surface area contributed by atoms with Gasteiger partial charge in [-0.2, -0.15) is 0 Å². The minimum atomic E-state index is 0.0838. The Hall–Kier alpha value is -3.60. The molecule has 2 amide bonds. The number of carbonyl (C=O) groups is 2. The lowest BCUT2D eigenvalue weighted by molar-refractivity contribution is -0.117. The second-order valence-corrected chi connectivity index (χ2v) is 11.3. The summed E-state index contributed by atoms with van der Waals surface area (Å²) in [4.78, 5) is 22.8. The van der Waals surface area contributed by atoms with Crippen LogP contribution in [0.3, 0.4) is 0 Å². The average Bonchev–Trinajstić information content (AvgIpc) is 3.87. The number of hydrogen-bond donors (Lipinski definition) is 2. The van der Waals surface area contributed by atoms with Gasteiger partial charge in [-0.3, -0.25) is 9.59 Å².